The van der Waals surface area contributed by atoms with E-state index in [4.69, 9.17) is 15.9 Å². The Balaban J connectivity index is 2.88. The highest BCUT2D eigenvalue weighted by atomic mass is 16.3. The zero-order chi connectivity index (χ0) is 7.11. The van der Waals surface area contributed by atoms with Crippen LogP contribution in [0.25, 0.3) is 0 Å². The van der Waals surface area contributed by atoms with E-state index in [1.54, 1.807) is 0 Å². The van der Waals surface area contributed by atoms with Crippen molar-refractivity contribution in [2.24, 2.45) is 5.73 Å². The van der Waals surface area contributed by atoms with Crippen molar-refractivity contribution in [2.75, 3.05) is 26.2 Å². The maximum atomic E-state index is 8.73. The maximum absolute atomic E-state index is 8.73. The van der Waals surface area contributed by atoms with Crippen LogP contribution in [0.15, 0.2) is 0 Å². The van der Waals surface area contributed by atoms with Gasteiger partial charge in [0.25, 0.3) is 0 Å². The molecule has 5 N–H and O–H groups in total. The topological polar surface area (TPSA) is 78.5 Å². The number of rotatable bonds is 5. The van der Waals surface area contributed by atoms with E-state index in [2.05, 4.69) is 5.32 Å². The summed E-state index contributed by atoms with van der Waals surface area (Å²) in [6.07, 6.45) is -0.656. The lowest BCUT2D eigenvalue weighted by Crippen LogP contribution is -2.32. The van der Waals surface area contributed by atoms with Crippen LogP contribution in [0.4, 0.5) is 0 Å². The van der Waals surface area contributed by atoms with E-state index in [1.165, 1.54) is 0 Å². The predicted molar refractivity (Wildman–Crippen MR) is 35.0 cm³/mol. The molecule has 0 aliphatic heterocycles. The highest BCUT2D eigenvalue weighted by molar-refractivity contribution is 4.56. The van der Waals surface area contributed by atoms with E-state index >= 15 is 0 Å². The van der Waals surface area contributed by atoms with Crippen molar-refractivity contribution in [3.63, 3.8) is 0 Å². The van der Waals surface area contributed by atoms with Crippen LogP contribution in [-0.2, 0) is 0 Å². The van der Waals surface area contributed by atoms with E-state index in [0.29, 0.717) is 19.6 Å². The van der Waals surface area contributed by atoms with Gasteiger partial charge in [0, 0.05) is 19.6 Å². The van der Waals surface area contributed by atoms with Crippen molar-refractivity contribution in [3.05, 3.63) is 0 Å². The van der Waals surface area contributed by atoms with Crippen LogP contribution in [0.2, 0.25) is 0 Å². The Hall–Kier alpha value is -0.160. The Labute approximate surface area is 54.7 Å². The lowest BCUT2D eigenvalue weighted by atomic mass is 10.4. The Bertz CT molecular complexity index is 60.9. The summed E-state index contributed by atoms with van der Waals surface area (Å²) in [5.74, 6) is 0. The average Bonchev–Trinajstić information content (AvgIpc) is 1.89. The van der Waals surface area contributed by atoms with E-state index in [-0.39, 0.29) is 6.61 Å². The largest absolute Gasteiger partial charge is 0.394 e. The first-order valence-corrected chi connectivity index (χ1v) is 3.01. The first-order chi connectivity index (χ1) is 4.31. The molecule has 0 radical (unpaired) electrons. The summed E-state index contributed by atoms with van der Waals surface area (Å²) in [5, 5.41) is 19.9. The van der Waals surface area contributed by atoms with Crippen LogP contribution in [0, 0.1) is 0 Å². The highest BCUT2D eigenvalue weighted by Gasteiger charge is 1.97. The molecule has 4 heteroatoms. The van der Waals surface area contributed by atoms with Crippen LogP contribution in [0.3, 0.4) is 0 Å². The number of nitrogens with two attached hydrogens (primary N) is 1. The van der Waals surface area contributed by atoms with Crippen molar-refractivity contribution in [1.29, 1.82) is 0 Å². The minimum absolute atomic E-state index is 0.197. The molecule has 0 heterocycles. The molecule has 0 aliphatic carbocycles. The van der Waals surface area contributed by atoms with Crippen molar-refractivity contribution in [1.82, 2.24) is 5.32 Å². The van der Waals surface area contributed by atoms with Gasteiger partial charge in [0.15, 0.2) is 0 Å². The minimum atomic E-state index is -0.656. The summed E-state index contributed by atoms with van der Waals surface area (Å²) in [6.45, 7) is 1.44. The van der Waals surface area contributed by atoms with Crippen LogP contribution >= 0.6 is 0 Å². The summed E-state index contributed by atoms with van der Waals surface area (Å²) < 4.78 is 0. The number of aliphatic hydroxyl groups is 2. The van der Waals surface area contributed by atoms with Gasteiger partial charge in [-0.25, -0.2) is 0 Å². The fourth-order valence-electron chi connectivity index (χ4n) is 0.435. The average molecular weight is 134 g/mol. The zero-order valence-corrected chi connectivity index (χ0v) is 5.38. The molecule has 0 bridgehead atoms. The monoisotopic (exact) mass is 134 g/mol. The molecule has 0 aromatic rings. The lowest BCUT2D eigenvalue weighted by Gasteiger charge is -2.06. The number of hydrogen-bond donors (Lipinski definition) is 4. The molecule has 1 atom stereocenters. The fraction of sp³-hybridized carbons (Fsp3) is 1.00. The zero-order valence-electron chi connectivity index (χ0n) is 5.38. The maximum Gasteiger partial charge on any atom is 0.0894 e. The van der Waals surface area contributed by atoms with Gasteiger partial charge >= 0.3 is 0 Å². The molecule has 0 spiro atoms. The Morgan fingerprint density at radius 1 is 1.56 bits per heavy atom. The second-order valence-corrected chi connectivity index (χ2v) is 1.83. The predicted octanol–water partition coefficient (Wildman–Crippen LogP) is -2.11. The first kappa shape index (κ1) is 8.84. The van der Waals surface area contributed by atoms with Crippen molar-refractivity contribution >= 4 is 0 Å². The second kappa shape index (κ2) is 5.97. The summed E-state index contributed by atoms with van der Waals surface area (Å²) in [7, 11) is 0. The molecule has 9 heavy (non-hydrogen) atoms. The molecule has 0 aromatic carbocycles. The Morgan fingerprint density at radius 3 is 2.67 bits per heavy atom. The standard InChI is InChI=1S/C5H14N2O2/c6-1-2-7-3-5(9)4-8/h5,7-9H,1-4,6H2. The Kier molecular flexibility index (Phi) is 5.86. The number of nitrogens with one attached hydrogen (secondary N) is 1. The van der Waals surface area contributed by atoms with Crippen molar-refractivity contribution in [2.45, 2.75) is 6.10 Å². The molecule has 4 nitrogen and oxygen atoms in total. The molecule has 56 valence electrons. The second-order valence-electron chi connectivity index (χ2n) is 1.83. The minimum Gasteiger partial charge on any atom is -0.394 e. The van der Waals surface area contributed by atoms with Crippen LogP contribution in [0.5, 0.6) is 0 Å². The molecule has 0 fully saturated rings. The Morgan fingerprint density at radius 2 is 2.22 bits per heavy atom. The lowest BCUT2D eigenvalue weighted by molar-refractivity contribution is 0.0948. The van der Waals surface area contributed by atoms with E-state index < -0.39 is 6.10 Å². The van der Waals surface area contributed by atoms with Gasteiger partial charge < -0.3 is 21.3 Å². The van der Waals surface area contributed by atoms with Gasteiger partial charge in [-0.2, -0.15) is 0 Å². The van der Waals surface area contributed by atoms with Gasteiger partial charge in [-0.3, -0.25) is 0 Å². The normalized spacial score (nSPS) is 13.7. The van der Waals surface area contributed by atoms with E-state index in [9.17, 15) is 0 Å². The van der Waals surface area contributed by atoms with Gasteiger partial charge in [-0.05, 0) is 0 Å². The third kappa shape index (κ3) is 5.72. The molecule has 0 aliphatic rings. The molecule has 0 saturated carbocycles. The van der Waals surface area contributed by atoms with Crippen molar-refractivity contribution in [3.8, 4) is 0 Å². The molecular weight excluding hydrogens is 120 g/mol. The van der Waals surface area contributed by atoms with Gasteiger partial charge in [-0.1, -0.05) is 0 Å². The summed E-state index contributed by atoms with van der Waals surface area (Å²) >= 11 is 0. The van der Waals surface area contributed by atoms with Gasteiger partial charge in [0.1, 0.15) is 0 Å². The van der Waals surface area contributed by atoms with Gasteiger partial charge in [0.2, 0.25) is 0 Å². The smallest absolute Gasteiger partial charge is 0.0894 e. The third-order valence-electron chi connectivity index (χ3n) is 0.912. The number of hydrogen-bond acceptors (Lipinski definition) is 4. The fourth-order valence-corrected chi connectivity index (χ4v) is 0.435. The van der Waals surface area contributed by atoms with Crippen LogP contribution in [0.1, 0.15) is 0 Å². The van der Waals surface area contributed by atoms with Gasteiger partial charge in [-0.15, -0.1) is 0 Å². The molecule has 1 unspecified atom stereocenters. The molecule has 0 aromatic heterocycles. The molecular formula is C5H14N2O2. The molecule has 0 rings (SSSR count). The van der Waals surface area contributed by atoms with Crippen molar-refractivity contribution < 1.29 is 10.2 Å². The molecule has 0 saturated heterocycles. The first-order valence-electron chi connectivity index (χ1n) is 3.01. The SMILES string of the molecule is NCCNCC(O)CO. The summed E-state index contributed by atoms with van der Waals surface area (Å²) in [5.41, 5.74) is 5.15. The van der Waals surface area contributed by atoms with Gasteiger partial charge in [0.05, 0.1) is 12.7 Å². The summed E-state index contributed by atoms with van der Waals surface area (Å²) in [4.78, 5) is 0. The summed E-state index contributed by atoms with van der Waals surface area (Å²) in [6, 6.07) is 0. The third-order valence-corrected chi connectivity index (χ3v) is 0.912. The van der Waals surface area contributed by atoms with E-state index in [0.717, 1.165) is 0 Å². The van der Waals surface area contributed by atoms with Crippen LogP contribution < -0.4 is 11.1 Å². The van der Waals surface area contributed by atoms with E-state index in [1.807, 2.05) is 0 Å². The molecule has 0 amide bonds. The highest BCUT2D eigenvalue weighted by Crippen LogP contribution is 1.74. The van der Waals surface area contributed by atoms with Crippen LogP contribution in [-0.4, -0.2) is 42.6 Å². The number of aliphatic hydroxyl groups excluding tert-OH is 2. The quantitative estimate of drug-likeness (QED) is 0.324.